The van der Waals surface area contributed by atoms with E-state index < -0.39 is 11.7 Å². The summed E-state index contributed by atoms with van der Waals surface area (Å²) >= 11 is 0. The molecule has 1 aromatic heterocycles. The van der Waals surface area contributed by atoms with Crippen LogP contribution in [-0.4, -0.2) is 9.97 Å². The van der Waals surface area contributed by atoms with Crippen LogP contribution < -0.4 is 5.73 Å². The zero-order valence-electron chi connectivity index (χ0n) is 10.5. The molecule has 0 spiro atoms. The third-order valence-electron chi connectivity index (χ3n) is 2.79. The van der Waals surface area contributed by atoms with Crippen LogP contribution in [0.15, 0.2) is 24.3 Å². The van der Waals surface area contributed by atoms with Crippen molar-refractivity contribution in [3.63, 3.8) is 0 Å². The molecule has 0 saturated carbocycles. The summed E-state index contributed by atoms with van der Waals surface area (Å²) in [6.45, 7) is 3.84. The van der Waals surface area contributed by atoms with Crippen LogP contribution in [0.4, 0.5) is 19.1 Å². The first-order chi connectivity index (χ1) is 8.79. The molecule has 2 aromatic rings. The van der Waals surface area contributed by atoms with E-state index >= 15 is 0 Å². The number of aromatic amines is 1. The number of hydrogen-bond acceptors (Lipinski definition) is 2. The van der Waals surface area contributed by atoms with Gasteiger partial charge in [-0.1, -0.05) is 26.0 Å². The smallest absolute Gasteiger partial charge is 0.369 e. The van der Waals surface area contributed by atoms with Gasteiger partial charge in [0.05, 0.1) is 11.3 Å². The van der Waals surface area contributed by atoms with E-state index in [1.807, 2.05) is 13.8 Å². The number of imidazole rings is 1. The zero-order chi connectivity index (χ0) is 14.2. The summed E-state index contributed by atoms with van der Waals surface area (Å²) in [5, 5.41) is 0. The van der Waals surface area contributed by atoms with Crippen molar-refractivity contribution in [1.82, 2.24) is 9.97 Å². The maximum Gasteiger partial charge on any atom is 0.416 e. The van der Waals surface area contributed by atoms with Crippen molar-refractivity contribution >= 4 is 5.95 Å². The number of rotatable bonds is 2. The minimum atomic E-state index is -4.37. The van der Waals surface area contributed by atoms with Gasteiger partial charge in [0, 0.05) is 11.3 Å². The molecule has 0 fully saturated rings. The first-order valence-corrected chi connectivity index (χ1v) is 5.82. The highest BCUT2D eigenvalue weighted by Gasteiger charge is 2.30. The average Bonchev–Trinajstić information content (AvgIpc) is 2.71. The van der Waals surface area contributed by atoms with Crippen molar-refractivity contribution in [1.29, 1.82) is 0 Å². The van der Waals surface area contributed by atoms with Gasteiger partial charge in [0.15, 0.2) is 5.95 Å². The molecule has 0 radical (unpaired) electrons. The molecule has 0 atom stereocenters. The standard InChI is InChI=1S/C13H14F3N3/c1-7(2)10-11(19-12(17)18-10)8-4-3-5-9(6-8)13(14,15)16/h3-7H,1-2H3,(H3,17,18,19). The molecule has 1 heterocycles. The molecule has 1 aromatic carbocycles. The number of nitrogens with one attached hydrogen (secondary N) is 1. The second-order valence-corrected chi connectivity index (χ2v) is 4.62. The highest BCUT2D eigenvalue weighted by molar-refractivity contribution is 5.65. The average molecular weight is 269 g/mol. The Morgan fingerprint density at radius 3 is 2.53 bits per heavy atom. The van der Waals surface area contributed by atoms with E-state index in [1.54, 1.807) is 6.07 Å². The molecular formula is C13H14F3N3. The SMILES string of the molecule is CC(C)c1[nH]c(N)nc1-c1cccc(C(F)(F)F)c1. The molecule has 6 heteroatoms. The summed E-state index contributed by atoms with van der Waals surface area (Å²) in [4.78, 5) is 6.97. The van der Waals surface area contributed by atoms with E-state index in [-0.39, 0.29) is 11.9 Å². The minimum absolute atomic E-state index is 0.0920. The topological polar surface area (TPSA) is 54.7 Å². The van der Waals surface area contributed by atoms with Crippen LogP contribution in [0.3, 0.4) is 0 Å². The fourth-order valence-electron chi connectivity index (χ4n) is 1.89. The number of anilines is 1. The lowest BCUT2D eigenvalue weighted by Gasteiger charge is -2.09. The van der Waals surface area contributed by atoms with E-state index in [9.17, 15) is 13.2 Å². The quantitative estimate of drug-likeness (QED) is 0.871. The predicted molar refractivity (Wildman–Crippen MR) is 67.5 cm³/mol. The van der Waals surface area contributed by atoms with Gasteiger partial charge in [-0.25, -0.2) is 4.98 Å². The van der Waals surface area contributed by atoms with Gasteiger partial charge in [-0.2, -0.15) is 13.2 Å². The Balaban J connectivity index is 2.54. The molecule has 0 saturated heterocycles. The van der Waals surface area contributed by atoms with Gasteiger partial charge in [-0.3, -0.25) is 0 Å². The second kappa shape index (κ2) is 4.60. The molecule has 0 unspecified atom stereocenters. The maximum absolute atomic E-state index is 12.7. The van der Waals surface area contributed by atoms with Gasteiger partial charge in [0.25, 0.3) is 0 Å². The molecule has 3 nitrogen and oxygen atoms in total. The number of aromatic nitrogens is 2. The van der Waals surface area contributed by atoms with Gasteiger partial charge in [-0.15, -0.1) is 0 Å². The lowest BCUT2D eigenvalue weighted by atomic mass is 10.0. The third-order valence-corrected chi connectivity index (χ3v) is 2.79. The fraction of sp³-hybridized carbons (Fsp3) is 0.308. The lowest BCUT2D eigenvalue weighted by molar-refractivity contribution is -0.137. The summed E-state index contributed by atoms with van der Waals surface area (Å²) in [5.74, 6) is 0.297. The van der Waals surface area contributed by atoms with Crippen molar-refractivity contribution in [2.75, 3.05) is 5.73 Å². The Bertz CT molecular complexity index is 585. The number of nitrogens with zero attached hydrogens (tertiary/aromatic N) is 1. The lowest BCUT2D eigenvalue weighted by Crippen LogP contribution is -2.04. The molecular weight excluding hydrogens is 255 g/mol. The maximum atomic E-state index is 12.7. The summed E-state index contributed by atoms with van der Waals surface area (Å²) in [6.07, 6.45) is -4.37. The molecule has 0 bridgehead atoms. The first-order valence-electron chi connectivity index (χ1n) is 5.82. The third kappa shape index (κ3) is 2.72. The van der Waals surface area contributed by atoms with Gasteiger partial charge in [0.1, 0.15) is 0 Å². The van der Waals surface area contributed by atoms with E-state index in [0.29, 0.717) is 11.3 Å². The summed E-state index contributed by atoms with van der Waals surface area (Å²) in [6, 6.07) is 5.08. The minimum Gasteiger partial charge on any atom is -0.369 e. The Labute approximate surface area is 108 Å². The van der Waals surface area contributed by atoms with Crippen molar-refractivity contribution in [2.24, 2.45) is 0 Å². The molecule has 0 aliphatic heterocycles. The molecule has 102 valence electrons. The number of H-pyrrole nitrogens is 1. The number of alkyl halides is 3. The van der Waals surface area contributed by atoms with Crippen LogP contribution in [-0.2, 0) is 6.18 Å². The summed E-state index contributed by atoms with van der Waals surface area (Å²) in [5.41, 5.74) is 6.51. The van der Waals surface area contributed by atoms with Gasteiger partial charge in [-0.05, 0) is 18.1 Å². The highest BCUT2D eigenvalue weighted by Crippen LogP contribution is 2.34. The number of nitrogen functional groups attached to an aromatic ring is 1. The summed E-state index contributed by atoms with van der Waals surface area (Å²) < 4.78 is 38.1. The van der Waals surface area contributed by atoms with Crippen LogP contribution in [0, 0.1) is 0 Å². The van der Waals surface area contributed by atoms with E-state index in [4.69, 9.17) is 5.73 Å². The van der Waals surface area contributed by atoms with Gasteiger partial charge < -0.3 is 10.7 Å². The van der Waals surface area contributed by atoms with Crippen LogP contribution in [0.25, 0.3) is 11.3 Å². The Morgan fingerprint density at radius 1 is 1.26 bits per heavy atom. The molecule has 3 N–H and O–H groups in total. The zero-order valence-corrected chi connectivity index (χ0v) is 10.5. The molecule has 0 aliphatic carbocycles. The Kier molecular flexibility index (Phi) is 3.26. The number of benzene rings is 1. The number of nitrogens with two attached hydrogens (primary N) is 1. The van der Waals surface area contributed by atoms with Crippen LogP contribution in [0.2, 0.25) is 0 Å². The highest BCUT2D eigenvalue weighted by atomic mass is 19.4. The Morgan fingerprint density at radius 2 is 1.95 bits per heavy atom. The first kappa shape index (κ1) is 13.5. The monoisotopic (exact) mass is 269 g/mol. The Hall–Kier alpha value is -1.98. The van der Waals surface area contributed by atoms with E-state index in [2.05, 4.69) is 9.97 Å². The summed E-state index contributed by atoms with van der Waals surface area (Å²) in [7, 11) is 0. The predicted octanol–water partition coefficient (Wildman–Crippen LogP) is 3.80. The normalized spacial score (nSPS) is 12.1. The molecule has 0 aliphatic rings. The largest absolute Gasteiger partial charge is 0.416 e. The number of halogens is 3. The van der Waals surface area contributed by atoms with Crippen molar-refractivity contribution in [2.45, 2.75) is 25.9 Å². The van der Waals surface area contributed by atoms with Crippen molar-refractivity contribution in [3.05, 3.63) is 35.5 Å². The molecule has 2 rings (SSSR count). The van der Waals surface area contributed by atoms with Crippen molar-refractivity contribution in [3.8, 4) is 11.3 Å². The van der Waals surface area contributed by atoms with Crippen molar-refractivity contribution < 1.29 is 13.2 Å². The second-order valence-electron chi connectivity index (χ2n) is 4.62. The molecule has 19 heavy (non-hydrogen) atoms. The van der Waals surface area contributed by atoms with Gasteiger partial charge in [0.2, 0.25) is 0 Å². The van der Waals surface area contributed by atoms with Crippen LogP contribution in [0.5, 0.6) is 0 Å². The van der Waals surface area contributed by atoms with E-state index in [0.717, 1.165) is 17.8 Å². The number of hydrogen-bond donors (Lipinski definition) is 2. The molecule has 0 amide bonds. The van der Waals surface area contributed by atoms with Gasteiger partial charge >= 0.3 is 6.18 Å². The fourth-order valence-corrected chi connectivity index (χ4v) is 1.89. The van der Waals surface area contributed by atoms with E-state index in [1.165, 1.54) is 6.07 Å². The van der Waals surface area contributed by atoms with Crippen LogP contribution >= 0.6 is 0 Å². The van der Waals surface area contributed by atoms with Crippen LogP contribution in [0.1, 0.15) is 31.0 Å².